The zero-order valence-corrected chi connectivity index (χ0v) is 11.7. The van der Waals surface area contributed by atoms with Crippen molar-refractivity contribution in [1.82, 2.24) is 4.90 Å². The third kappa shape index (κ3) is 3.47. The van der Waals surface area contributed by atoms with Crippen molar-refractivity contribution in [3.05, 3.63) is 29.3 Å². The number of aromatic carboxylic acids is 1. The fraction of sp³-hybridized carbons (Fsp3) is 0.429. The van der Waals surface area contributed by atoms with Gasteiger partial charge in [0.05, 0.1) is 11.3 Å². The first-order valence-corrected chi connectivity index (χ1v) is 6.57. The van der Waals surface area contributed by atoms with Crippen LogP contribution in [0.4, 0.5) is 5.69 Å². The Bertz CT molecular complexity index is 484. The largest absolute Gasteiger partial charge is 0.478 e. The second kappa shape index (κ2) is 6.78. The maximum absolute atomic E-state index is 10.9. The Hall–Kier alpha value is -2.04. The molecule has 0 fully saturated rings. The number of carboxylic acids is 1. The van der Waals surface area contributed by atoms with Crippen LogP contribution in [0.2, 0.25) is 0 Å². The zero-order valence-electron chi connectivity index (χ0n) is 11.7. The van der Waals surface area contributed by atoms with E-state index in [2.05, 4.69) is 11.9 Å². The minimum atomic E-state index is -0.919. The lowest BCUT2D eigenvalue weighted by molar-refractivity contribution is 0.0696. The Morgan fingerprint density at radius 3 is 2.74 bits per heavy atom. The first kappa shape index (κ1) is 15.0. The highest BCUT2D eigenvalue weighted by Crippen LogP contribution is 2.26. The highest BCUT2D eigenvalue weighted by molar-refractivity contribution is 5.89. The van der Waals surface area contributed by atoms with Crippen LogP contribution in [0.1, 0.15) is 43.1 Å². The molecule has 0 aromatic heterocycles. The van der Waals surface area contributed by atoms with Crippen LogP contribution >= 0.6 is 0 Å². The molecule has 0 bridgehead atoms. The number of fused-ring (bicyclic) bond motifs is 1. The summed E-state index contributed by atoms with van der Waals surface area (Å²) in [6.45, 7) is 7.52. The van der Waals surface area contributed by atoms with Crippen LogP contribution in [0.15, 0.2) is 23.2 Å². The third-order valence-electron chi connectivity index (χ3n) is 2.74. The average Bonchev–Trinajstić information content (AvgIpc) is 2.41. The minimum Gasteiger partial charge on any atom is -0.478 e. The van der Waals surface area contributed by atoms with E-state index in [-0.39, 0.29) is 5.56 Å². The number of nitrogens with two attached hydrogens (primary N) is 1. The summed E-state index contributed by atoms with van der Waals surface area (Å²) in [6.07, 6.45) is 0.976. The third-order valence-corrected chi connectivity index (χ3v) is 2.74. The van der Waals surface area contributed by atoms with E-state index in [1.54, 1.807) is 18.2 Å². The van der Waals surface area contributed by atoms with Crippen molar-refractivity contribution >= 4 is 17.6 Å². The zero-order chi connectivity index (χ0) is 14.4. The predicted molar refractivity (Wildman–Crippen MR) is 76.7 cm³/mol. The molecule has 0 radical (unpaired) electrons. The molecular formula is C14H21N3O2. The van der Waals surface area contributed by atoms with E-state index in [0.29, 0.717) is 12.5 Å². The molecule has 3 N–H and O–H groups in total. The van der Waals surface area contributed by atoms with Gasteiger partial charge in [-0.2, -0.15) is 0 Å². The summed E-state index contributed by atoms with van der Waals surface area (Å²) in [5.74, 6) is -0.417. The van der Waals surface area contributed by atoms with Crippen molar-refractivity contribution in [2.75, 3.05) is 6.54 Å². The molecule has 5 heteroatoms. The van der Waals surface area contributed by atoms with E-state index < -0.39 is 5.97 Å². The highest BCUT2D eigenvalue weighted by atomic mass is 16.4. The summed E-state index contributed by atoms with van der Waals surface area (Å²) in [6, 6.07) is 4.92. The molecule has 1 heterocycles. The molecule has 0 aliphatic carbocycles. The van der Waals surface area contributed by atoms with Gasteiger partial charge in [0.1, 0.15) is 0 Å². The molecule has 19 heavy (non-hydrogen) atoms. The second-order valence-electron chi connectivity index (χ2n) is 4.04. The monoisotopic (exact) mass is 263 g/mol. The average molecular weight is 263 g/mol. The summed E-state index contributed by atoms with van der Waals surface area (Å²) in [4.78, 5) is 17.1. The van der Waals surface area contributed by atoms with Crippen LogP contribution in [-0.2, 0) is 6.54 Å². The molecule has 0 saturated heterocycles. The summed E-state index contributed by atoms with van der Waals surface area (Å²) < 4.78 is 0. The van der Waals surface area contributed by atoms with E-state index in [1.165, 1.54) is 0 Å². The molecule has 0 unspecified atom stereocenters. The molecule has 0 atom stereocenters. The van der Waals surface area contributed by atoms with Gasteiger partial charge in [-0.05, 0) is 30.2 Å². The van der Waals surface area contributed by atoms with Crippen molar-refractivity contribution in [2.45, 2.75) is 33.7 Å². The van der Waals surface area contributed by atoms with Gasteiger partial charge in [0.25, 0.3) is 0 Å². The first-order chi connectivity index (χ1) is 9.11. The molecule has 1 aromatic carbocycles. The Labute approximate surface area is 113 Å². The number of hydrogen-bond donors (Lipinski definition) is 2. The van der Waals surface area contributed by atoms with E-state index in [1.807, 2.05) is 18.7 Å². The second-order valence-corrected chi connectivity index (χ2v) is 4.04. The smallest absolute Gasteiger partial charge is 0.335 e. The minimum absolute atomic E-state index is 0.288. The lowest BCUT2D eigenvalue weighted by Gasteiger charge is -2.27. The van der Waals surface area contributed by atoms with Crippen molar-refractivity contribution in [3.63, 3.8) is 0 Å². The fourth-order valence-corrected chi connectivity index (χ4v) is 1.90. The standard InChI is InChI=1S/C12H15N3O2.C2H6/c1-2-5-15-7-9-6-8(11(16)17)3-4-10(9)14-12(15)13;1-2/h3-4,6H,2,5,7H2,1H3,(H2,13,14)(H,16,17);1-2H3. The fourth-order valence-electron chi connectivity index (χ4n) is 1.90. The van der Waals surface area contributed by atoms with Crippen molar-refractivity contribution in [2.24, 2.45) is 10.7 Å². The van der Waals surface area contributed by atoms with Crippen LogP contribution in [0, 0.1) is 0 Å². The molecule has 0 amide bonds. The molecule has 1 aliphatic heterocycles. The van der Waals surface area contributed by atoms with Crippen LogP contribution in [0.3, 0.4) is 0 Å². The van der Waals surface area contributed by atoms with Crippen LogP contribution in [0.5, 0.6) is 0 Å². The quantitative estimate of drug-likeness (QED) is 0.878. The molecule has 2 rings (SSSR count). The number of aliphatic imine (C=N–C) groups is 1. The Balaban J connectivity index is 0.000000861. The highest BCUT2D eigenvalue weighted by Gasteiger charge is 2.18. The molecule has 104 valence electrons. The van der Waals surface area contributed by atoms with E-state index in [9.17, 15) is 4.79 Å². The number of rotatable bonds is 3. The molecule has 0 spiro atoms. The number of carboxylic acid groups (broad SMARTS) is 1. The van der Waals surface area contributed by atoms with Gasteiger partial charge in [-0.25, -0.2) is 9.79 Å². The summed E-state index contributed by atoms with van der Waals surface area (Å²) >= 11 is 0. The number of nitrogens with zero attached hydrogens (tertiary/aromatic N) is 2. The predicted octanol–water partition coefficient (Wildman–Crippen LogP) is 2.58. The Morgan fingerprint density at radius 2 is 2.16 bits per heavy atom. The van der Waals surface area contributed by atoms with Gasteiger partial charge in [-0.3, -0.25) is 0 Å². The normalized spacial score (nSPS) is 13.0. The van der Waals surface area contributed by atoms with Crippen LogP contribution < -0.4 is 5.73 Å². The van der Waals surface area contributed by atoms with Crippen LogP contribution in [-0.4, -0.2) is 28.5 Å². The lowest BCUT2D eigenvalue weighted by atomic mass is 10.1. The molecule has 1 aromatic rings. The Kier molecular flexibility index (Phi) is 5.36. The van der Waals surface area contributed by atoms with Gasteiger partial charge in [0.15, 0.2) is 5.96 Å². The SMILES string of the molecule is CC.CCCN1Cc2cc(C(=O)O)ccc2N=C1N. The number of carbonyl (C=O) groups is 1. The Morgan fingerprint density at radius 1 is 1.47 bits per heavy atom. The van der Waals surface area contributed by atoms with Crippen molar-refractivity contribution < 1.29 is 9.90 Å². The summed E-state index contributed by atoms with van der Waals surface area (Å²) in [5.41, 5.74) is 7.80. The molecule has 0 saturated carbocycles. The maximum Gasteiger partial charge on any atom is 0.335 e. The van der Waals surface area contributed by atoms with Gasteiger partial charge >= 0.3 is 5.97 Å². The number of hydrogen-bond acceptors (Lipinski definition) is 4. The summed E-state index contributed by atoms with van der Waals surface area (Å²) in [5, 5.41) is 8.93. The van der Waals surface area contributed by atoms with Gasteiger partial charge < -0.3 is 15.7 Å². The topological polar surface area (TPSA) is 78.9 Å². The molecular weight excluding hydrogens is 242 g/mol. The van der Waals surface area contributed by atoms with Crippen molar-refractivity contribution in [1.29, 1.82) is 0 Å². The van der Waals surface area contributed by atoms with E-state index in [0.717, 1.165) is 24.2 Å². The maximum atomic E-state index is 10.9. The van der Waals surface area contributed by atoms with Gasteiger partial charge in [-0.15, -0.1) is 0 Å². The number of benzene rings is 1. The van der Waals surface area contributed by atoms with Gasteiger partial charge in [0, 0.05) is 13.1 Å². The summed E-state index contributed by atoms with van der Waals surface area (Å²) in [7, 11) is 0. The van der Waals surface area contributed by atoms with E-state index in [4.69, 9.17) is 10.8 Å². The van der Waals surface area contributed by atoms with Gasteiger partial charge in [0.2, 0.25) is 0 Å². The first-order valence-electron chi connectivity index (χ1n) is 6.57. The van der Waals surface area contributed by atoms with E-state index >= 15 is 0 Å². The lowest BCUT2D eigenvalue weighted by Crippen LogP contribution is -2.39. The van der Waals surface area contributed by atoms with Crippen molar-refractivity contribution in [3.8, 4) is 0 Å². The van der Waals surface area contributed by atoms with Gasteiger partial charge in [-0.1, -0.05) is 20.8 Å². The van der Waals surface area contributed by atoms with Crippen LogP contribution in [0.25, 0.3) is 0 Å². The molecule has 5 nitrogen and oxygen atoms in total. The number of guanidine groups is 1. The molecule has 1 aliphatic rings.